The van der Waals surface area contributed by atoms with Crippen LogP contribution in [-0.2, 0) is 0 Å². The highest BCUT2D eigenvalue weighted by Crippen LogP contribution is 2.23. The average molecular weight is 353 g/mol. The number of rotatable bonds is 5. The minimum Gasteiger partial charge on any atom is -0.336 e. The Bertz CT molecular complexity index is 423. The quantitative estimate of drug-likeness (QED) is 0.710. The van der Waals surface area contributed by atoms with Gasteiger partial charge in [-0.25, -0.2) is 0 Å². The number of nitrogens with zero attached hydrogens (tertiary/aromatic N) is 1. The van der Waals surface area contributed by atoms with Crippen LogP contribution in [0.25, 0.3) is 0 Å². The van der Waals surface area contributed by atoms with Crippen molar-refractivity contribution in [3.63, 3.8) is 0 Å². The molecule has 0 radical (unpaired) electrons. The van der Waals surface area contributed by atoms with Crippen molar-refractivity contribution in [2.45, 2.75) is 26.3 Å². The molecule has 1 rings (SSSR count). The second-order valence-corrected chi connectivity index (χ2v) is 5.96. The van der Waals surface area contributed by atoms with Crippen molar-refractivity contribution >= 4 is 45.0 Å². The van der Waals surface area contributed by atoms with E-state index in [4.69, 9.17) is 23.2 Å². The van der Waals surface area contributed by atoms with Gasteiger partial charge in [0.25, 0.3) is 5.91 Å². The van der Waals surface area contributed by atoms with Crippen LogP contribution in [-0.4, -0.2) is 29.3 Å². The van der Waals surface area contributed by atoms with E-state index in [9.17, 15) is 4.79 Å². The minimum absolute atomic E-state index is 0.0485. The van der Waals surface area contributed by atoms with Crippen molar-refractivity contribution in [2.24, 2.45) is 0 Å². The highest BCUT2D eigenvalue weighted by atomic mass is 79.9. The number of carbonyl (C=O) groups excluding carboxylic acids is 1. The highest BCUT2D eigenvalue weighted by molar-refractivity contribution is 9.10. The van der Waals surface area contributed by atoms with Crippen LogP contribution in [0.4, 0.5) is 0 Å². The molecule has 0 saturated heterocycles. The van der Waals surface area contributed by atoms with Crippen LogP contribution < -0.4 is 0 Å². The first-order chi connectivity index (χ1) is 8.47. The third kappa shape index (κ3) is 4.15. The lowest BCUT2D eigenvalue weighted by molar-refractivity contribution is 0.0706. The maximum Gasteiger partial charge on any atom is 0.255 e. The summed E-state index contributed by atoms with van der Waals surface area (Å²) in [5.74, 6) is 0.498. The Labute approximate surface area is 126 Å². The summed E-state index contributed by atoms with van der Waals surface area (Å²) in [5, 5.41) is 0.464. The van der Waals surface area contributed by atoms with Crippen molar-refractivity contribution in [3.8, 4) is 0 Å². The molecule has 2 nitrogen and oxygen atoms in total. The number of benzene rings is 1. The monoisotopic (exact) mass is 351 g/mol. The summed E-state index contributed by atoms with van der Waals surface area (Å²) in [6.45, 7) is 4.62. The first-order valence-corrected chi connectivity index (χ1v) is 7.50. The van der Waals surface area contributed by atoms with Gasteiger partial charge in [-0.1, -0.05) is 27.5 Å². The molecule has 0 aliphatic heterocycles. The predicted molar refractivity (Wildman–Crippen MR) is 80.7 cm³/mol. The van der Waals surface area contributed by atoms with E-state index in [1.807, 2.05) is 19.9 Å². The summed E-state index contributed by atoms with van der Waals surface area (Å²) in [6, 6.07) is 5.42. The Hall–Kier alpha value is -0.250. The van der Waals surface area contributed by atoms with Crippen LogP contribution in [0.5, 0.6) is 0 Å². The van der Waals surface area contributed by atoms with E-state index in [1.54, 1.807) is 17.0 Å². The fourth-order valence-electron chi connectivity index (χ4n) is 1.64. The number of halogens is 3. The normalized spacial score (nSPS) is 10.8. The molecule has 0 unspecified atom stereocenters. The molecule has 0 bridgehead atoms. The van der Waals surface area contributed by atoms with Gasteiger partial charge >= 0.3 is 0 Å². The van der Waals surface area contributed by atoms with Gasteiger partial charge in [0, 0.05) is 22.9 Å². The second-order valence-electron chi connectivity index (χ2n) is 4.26. The summed E-state index contributed by atoms with van der Waals surface area (Å²) >= 11 is 15.1. The van der Waals surface area contributed by atoms with E-state index >= 15 is 0 Å². The molecule has 0 atom stereocenters. The van der Waals surface area contributed by atoms with E-state index in [2.05, 4.69) is 15.9 Å². The third-order valence-corrected chi connectivity index (χ3v) is 3.65. The van der Waals surface area contributed by atoms with E-state index < -0.39 is 0 Å². The van der Waals surface area contributed by atoms with Crippen molar-refractivity contribution in [1.29, 1.82) is 0 Å². The molecule has 1 aromatic carbocycles. The molecule has 18 heavy (non-hydrogen) atoms. The summed E-state index contributed by atoms with van der Waals surface area (Å²) in [6.07, 6.45) is 0.777. The Morgan fingerprint density at radius 2 is 2.11 bits per heavy atom. The Morgan fingerprint density at radius 1 is 1.44 bits per heavy atom. The number of amides is 1. The molecule has 1 aromatic rings. The van der Waals surface area contributed by atoms with E-state index in [-0.39, 0.29) is 11.9 Å². The van der Waals surface area contributed by atoms with Crippen LogP contribution in [0.2, 0.25) is 5.02 Å². The summed E-state index contributed by atoms with van der Waals surface area (Å²) in [7, 11) is 0. The fraction of sp³-hybridized carbons (Fsp3) is 0.462. The zero-order valence-electron chi connectivity index (χ0n) is 10.4. The minimum atomic E-state index is -0.0485. The highest BCUT2D eigenvalue weighted by Gasteiger charge is 2.20. The van der Waals surface area contributed by atoms with Gasteiger partial charge in [-0.3, -0.25) is 4.79 Å². The third-order valence-electron chi connectivity index (χ3n) is 2.58. The maximum absolute atomic E-state index is 12.4. The number of alkyl halides is 1. The average Bonchev–Trinajstić information content (AvgIpc) is 2.28. The fourth-order valence-corrected chi connectivity index (χ4v) is 2.52. The van der Waals surface area contributed by atoms with Crippen molar-refractivity contribution < 1.29 is 4.79 Å². The van der Waals surface area contributed by atoms with Gasteiger partial charge in [-0.2, -0.15) is 0 Å². The summed E-state index contributed by atoms with van der Waals surface area (Å²) < 4.78 is 0.862. The van der Waals surface area contributed by atoms with Crippen molar-refractivity contribution in [1.82, 2.24) is 4.90 Å². The SMILES string of the molecule is CC(C)N(CCCCl)C(=O)c1ccc(Br)cc1Cl. The maximum atomic E-state index is 12.4. The molecular weight excluding hydrogens is 337 g/mol. The molecule has 0 saturated carbocycles. The van der Waals surface area contributed by atoms with Crippen LogP contribution in [0.15, 0.2) is 22.7 Å². The van der Waals surface area contributed by atoms with Crippen molar-refractivity contribution in [2.75, 3.05) is 12.4 Å². The zero-order chi connectivity index (χ0) is 13.7. The number of hydrogen-bond acceptors (Lipinski definition) is 1. The van der Waals surface area contributed by atoms with Crippen molar-refractivity contribution in [3.05, 3.63) is 33.3 Å². The molecule has 0 aliphatic carbocycles. The molecular formula is C13H16BrCl2NO. The van der Waals surface area contributed by atoms with Crippen LogP contribution in [0.1, 0.15) is 30.6 Å². The van der Waals surface area contributed by atoms with Gasteiger partial charge in [0.2, 0.25) is 0 Å². The standard InChI is InChI=1S/C13H16BrCl2NO/c1-9(2)17(7-3-6-15)13(18)11-5-4-10(14)8-12(11)16/h4-5,8-9H,3,6-7H2,1-2H3. The molecule has 0 aromatic heterocycles. The topological polar surface area (TPSA) is 20.3 Å². The Morgan fingerprint density at radius 3 is 2.61 bits per heavy atom. The van der Waals surface area contributed by atoms with Crippen LogP contribution >= 0.6 is 39.1 Å². The zero-order valence-corrected chi connectivity index (χ0v) is 13.5. The molecule has 0 N–H and O–H groups in total. The van der Waals surface area contributed by atoms with E-state index in [0.29, 0.717) is 23.0 Å². The lowest BCUT2D eigenvalue weighted by atomic mass is 10.1. The Kier molecular flexibility index (Phi) is 6.47. The second kappa shape index (κ2) is 7.37. The van der Waals surface area contributed by atoms with Crippen LogP contribution in [0, 0.1) is 0 Å². The lowest BCUT2D eigenvalue weighted by Gasteiger charge is -2.27. The lowest BCUT2D eigenvalue weighted by Crippen LogP contribution is -2.38. The molecule has 0 fully saturated rings. The largest absolute Gasteiger partial charge is 0.336 e. The van der Waals surface area contributed by atoms with E-state index in [0.717, 1.165) is 10.9 Å². The summed E-state index contributed by atoms with van der Waals surface area (Å²) in [5.41, 5.74) is 0.531. The van der Waals surface area contributed by atoms with Gasteiger partial charge in [0.1, 0.15) is 0 Å². The summed E-state index contributed by atoms with van der Waals surface area (Å²) in [4.78, 5) is 14.2. The molecule has 0 aliphatic rings. The smallest absolute Gasteiger partial charge is 0.255 e. The molecule has 5 heteroatoms. The number of carbonyl (C=O) groups is 1. The van der Waals surface area contributed by atoms with Gasteiger partial charge in [0.15, 0.2) is 0 Å². The molecule has 0 spiro atoms. The first kappa shape index (κ1) is 15.8. The Balaban J connectivity index is 2.94. The van der Waals surface area contributed by atoms with Gasteiger partial charge in [-0.15, -0.1) is 11.6 Å². The molecule has 100 valence electrons. The van der Waals surface area contributed by atoms with Crippen LogP contribution in [0.3, 0.4) is 0 Å². The first-order valence-electron chi connectivity index (χ1n) is 5.79. The molecule has 1 amide bonds. The van der Waals surface area contributed by atoms with Gasteiger partial charge in [-0.05, 0) is 38.5 Å². The van der Waals surface area contributed by atoms with Gasteiger partial charge in [0.05, 0.1) is 10.6 Å². The van der Waals surface area contributed by atoms with E-state index in [1.165, 1.54) is 0 Å². The number of hydrogen-bond donors (Lipinski definition) is 0. The predicted octanol–water partition coefficient (Wildman–Crippen LogP) is 4.58. The van der Waals surface area contributed by atoms with Gasteiger partial charge < -0.3 is 4.90 Å². The molecule has 0 heterocycles.